The molecule has 0 atom stereocenters. The minimum atomic E-state index is -0.473. The van der Waals surface area contributed by atoms with Gasteiger partial charge in [0.1, 0.15) is 11.6 Å². The van der Waals surface area contributed by atoms with E-state index in [1.165, 1.54) is 6.07 Å². The van der Waals surface area contributed by atoms with E-state index in [0.717, 1.165) is 11.4 Å². The monoisotopic (exact) mass is 426 g/mol. The van der Waals surface area contributed by atoms with E-state index in [2.05, 4.69) is 4.90 Å². The van der Waals surface area contributed by atoms with Crippen LogP contribution in [0.4, 0.5) is 15.8 Å². The fourth-order valence-corrected chi connectivity index (χ4v) is 4.17. The number of carbonyl (C=O) groups is 2. The number of hydrogen-bond donors (Lipinski definition) is 0. The van der Waals surface area contributed by atoms with Crippen molar-refractivity contribution in [2.75, 3.05) is 69.3 Å². The zero-order valence-electron chi connectivity index (χ0n) is 17.7. The van der Waals surface area contributed by atoms with Gasteiger partial charge in [-0.25, -0.2) is 4.39 Å². The van der Waals surface area contributed by atoms with Gasteiger partial charge in [0.05, 0.1) is 18.5 Å². The molecule has 0 radical (unpaired) electrons. The molecule has 0 unspecified atom stereocenters. The zero-order valence-corrected chi connectivity index (χ0v) is 17.7. The topological polar surface area (TPSA) is 56.3 Å². The van der Waals surface area contributed by atoms with E-state index in [1.54, 1.807) is 35.1 Å². The summed E-state index contributed by atoms with van der Waals surface area (Å²) in [6, 6.07) is 14.4. The van der Waals surface area contributed by atoms with Gasteiger partial charge in [-0.15, -0.1) is 0 Å². The first kappa shape index (κ1) is 21.0. The van der Waals surface area contributed by atoms with Crippen LogP contribution in [0.1, 0.15) is 0 Å². The van der Waals surface area contributed by atoms with Gasteiger partial charge in [-0.05, 0) is 24.3 Å². The van der Waals surface area contributed by atoms with Gasteiger partial charge < -0.3 is 24.3 Å². The second-order valence-electron chi connectivity index (χ2n) is 7.68. The average molecular weight is 426 g/mol. The Kier molecular flexibility index (Phi) is 6.25. The standard InChI is InChI=1S/C23H27FN4O3/c1-31-21-9-5-4-8-20(21)26-12-16-28(17-13-26)23(30)22(29)27-14-10-25(11-15-27)19-7-3-2-6-18(19)24/h2-9H,10-17H2,1H3. The Morgan fingerprint density at radius 2 is 1.16 bits per heavy atom. The largest absolute Gasteiger partial charge is 0.495 e. The van der Waals surface area contributed by atoms with Crippen LogP contribution in [0.5, 0.6) is 5.75 Å². The summed E-state index contributed by atoms with van der Waals surface area (Å²) in [7, 11) is 1.64. The molecular formula is C23H27FN4O3. The normalized spacial score (nSPS) is 17.0. The number of rotatable bonds is 3. The van der Waals surface area contributed by atoms with Crippen molar-refractivity contribution in [3.8, 4) is 5.75 Å². The van der Waals surface area contributed by atoms with Crippen LogP contribution >= 0.6 is 0 Å². The van der Waals surface area contributed by atoms with Crippen molar-refractivity contribution >= 4 is 23.2 Å². The summed E-state index contributed by atoms with van der Waals surface area (Å²) < 4.78 is 19.4. The third kappa shape index (κ3) is 4.42. The number of amides is 2. The summed E-state index contributed by atoms with van der Waals surface area (Å²) in [4.78, 5) is 32.8. The molecule has 8 heteroatoms. The number of anilines is 2. The first-order chi connectivity index (χ1) is 15.1. The zero-order chi connectivity index (χ0) is 21.8. The van der Waals surface area contributed by atoms with Crippen LogP contribution in [0.15, 0.2) is 48.5 Å². The van der Waals surface area contributed by atoms with E-state index >= 15 is 0 Å². The van der Waals surface area contributed by atoms with E-state index in [-0.39, 0.29) is 5.82 Å². The van der Waals surface area contributed by atoms with Crippen molar-refractivity contribution in [1.29, 1.82) is 0 Å². The van der Waals surface area contributed by atoms with Crippen molar-refractivity contribution in [2.24, 2.45) is 0 Å². The molecule has 0 aliphatic carbocycles. The Balaban J connectivity index is 1.30. The van der Waals surface area contributed by atoms with Crippen LogP contribution in [-0.2, 0) is 9.59 Å². The van der Waals surface area contributed by atoms with Gasteiger partial charge in [0.2, 0.25) is 0 Å². The highest BCUT2D eigenvalue weighted by Gasteiger charge is 2.32. The number of piperazine rings is 2. The second-order valence-corrected chi connectivity index (χ2v) is 7.68. The van der Waals surface area contributed by atoms with Gasteiger partial charge >= 0.3 is 11.8 Å². The molecule has 2 aromatic rings. The quantitative estimate of drug-likeness (QED) is 0.701. The first-order valence-corrected chi connectivity index (χ1v) is 10.5. The summed E-state index contributed by atoms with van der Waals surface area (Å²) in [5.74, 6) is -0.407. The lowest BCUT2D eigenvalue weighted by molar-refractivity contribution is -0.152. The highest BCUT2D eigenvalue weighted by atomic mass is 19.1. The minimum Gasteiger partial charge on any atom is -0.495 e. The Hall–Kier alpha value is -3.29. The van der Waals surface area contributed by atoms with Gasteiger partial charge in [-0.1, -0.05) is 24.3 Å². The minimum absolute atomic E-state index is 0.272. The molecule has 0 bridgehead atoms. The van der Waals surface area contributed by atoms with Crippen molar-refractivity contribution < 1.29 is 18.7 Å². The molecule has 0 spiro atoms. The predicted octanol–water partition coefficient (Wildman–Crippen LogP) is 1.83. The molecule has 2 fully saturated rings. The summed E-state index contributed by atoms with van der Waals surface area (Å²) in [6.45, 7) is 4.06. The van der Waals surface area contributed by atoms with Gasteiger partial charge in [0.15, 0.2) is 0 Å². The molecule has 4 rings (SSSR count). The first-order valence-electron chi connectivity index (χ1n) is 10.5. The highest BCUT2D eigenvalue weighted by molar-refractivity contribution is 6.35. The van der Waals surface area contributed by atoms with E-state index in [4.69, 9.17) is 4.74 Å². The van der Waals surface area contributed by atoms with Gasteiger partial charge in [0.25, 0.3) is 0 Å². The molecular weight excluding hydrogens is 399 g/mol. The molecule has 0 N–H and O–H groups in total. The lowest BCUT2D eigenvalue weighted by atomic mass is 10.2. The molecule has 0 saturated carbocycles. The Labute approximate surface area is 181 Å². The summed E-state index contributed by atoms with van der Waals surface area (Å²) in [5.41, 5.74) is 1.53. The lowest BCUT2D eigenvalue weighted by Gasteiger charge is -2.39. The number of halogens is 1. The van der Waals surface area contributed by atoms with Crippen LogP contribution in [0, 0.1) is 5.82 Å². The van der Waals surface area contributed by atoms with E-state index in [0.29, 0.717) is 58.0 Å². The van der Waals surface area contributed by atoms with Crippen LogP contribution < -0.4 is 14.5 Å². The van der Waals surface area contributed by atoms with Crippen LogP contribution in [0.3, 0.4) is 0 Å². The number of para-hydroxylation sites is 3. The van der Waals surface area contributed by atoms with Crippen LogP contribution in [0.25, 0.3) is 0 Å². The van der Waals surface area contributed by atoms with Gasteiger partial charge in [-0.3, -0.25) is 9.59 Å². The van der Waals surface area contributed by atoms with Crippen LogP contribution in [0.2, 0.25) is 0 Å². The Bertz CT molecular complexity index is 938. The number of carbonyl (C=O) groups excluding carboxylic acids is 2. The van der Waals surface area contributed by atoms with Crippen molar-refractivity contribution in [3.05, 3.63) is 54.3 Å². The number of nitrogens with zero attached hydrogens (tertiary/aromatic N) is 4. The van der Waals surface area contributed by atoms with E-state index in [1.807, 2.05) is 29.2 Å². The fraction of sp³-hybridized carbons (Fsp3) is 0.391. The summed E-state index contributed by atoms with van der Waals surface area (Å²) in [6.07, 6.45) is 0. The molecule has 2 aliphatic heterocycles. The molecule has 2 saturated heterocycles. The SMILES string of the molecule is COc1ccccc1N1CCN(C(=O)C(=O)N2CCN(c3ccccc3F)CC2)CC1. The van der Waals surface area contributed by atoms with Gasteiger partial charge in [-0.2, -0.15) is 0 Å². The fourth-order valence-electron chi connectivity index (χ4n) is 4.17. The Morgan fingerprint density at radius 3 is 1.68 bits per heavy atom. The maximum atomic E-state index is 14.0. The number of hydrogen-bond acceptors (Lipinski definition) is 5. The lowest BCUT2D eigenvalue weighted by Crippen LogP contribution is -2.56. The molecule has 2 heterocycles. The van der Waals surface area contributed by atoms with Crippen molar-refractivity contribution in [1.82, 2.24) is 9.80 Å². The summed E-state index contributed by atoms with van der Waals surface area (Å²) >= 11 is 0. The number of methoxy groups -OCH3 is 1. The number of benzene rings is 2. The van der Waals surface area contributed by atoms with E-state index in [9.17, 15) is 14.0 Å². The highest BCUT2D eigenvalue weighted by Crippen LogP contribution is 2.28. The van der Waals surface area contributed by atoms with Crippen LogP contribution in [-0.4, -0.2) is 81.1 Å². The third-order valence-electron chi connectivity index (χ3n) is 5.94. The Morgan fingerprint density at radius 1 is 0.710 bits per heavy atom. The molecule has 164 valence electrons. The number of ether oxygens (including phenoxy) is 1. The third-order valence-corrected chi connectivity index (χ3v) is 5.94. The average Bonchev–Trinajstić information content (AvgIpc) is 2.83. The predicted molar refractivity (Wildman–Crippen MR) is 117 cm³/mol. The van der Waals surface area contributed by atoms with E-state index < -0.39 is 11.8 Å². The molecule has 2 amide bonds. The molecule has 31 heavy (non-hydrogen) atoms. The molecule has 2 aliphatic rings. The smallest absolute Gasteiger partial charge is 0.312 e. The summed E-state index contributed by atoms with van der Waals surface area (Å²) in [5, 5.41) is 0. The molecule has 2 aromatic carbocycles. The molecule has 0 aromatic heterocycles. The van der Waals surface area contributed by atoms with Crippen molar-refractivity contribution in [2.45, 2.75) is 0 Å². The second kappa shape index (κ2) is 9.24. The van der Waals surface area contributed by atoms with Crippen molar-refractivity contribution in [3.63, 3.8) is 0 Å². The van der Waals surface area contributed by atoms with Gasteiger partial charge in [0, 0.05) is 52.4 Å². The maximum absolute atomic E-state index is 14.0. The maximum Gasteiger partial charge on any atom is 0.312 e. The molecule has 7 nitrogen and oxygen atoms in total.